The molecule has 136 valence electrons. The van der Waals surface area contributed by atoms with Crippen molar-refractivity contribution in [3.05, 3.63) is 53.0 Å². The summed E-state index contributed by atoms with van der Waals surface area (Å²) in [6.45, 7) is 7.30. The molecule has 26 heavy (non-hydrogen) atoms. The average Bonchev–Trinajstić information content (AvgIpc) is 3.49. The molecule has 1 aliphatic heterocycles. The topological polar surface area (TPSA) is 49.3 Å². The van der Waals surface area contributed by atoms with E-state index < -0.39 is 0 Å². The molecule has 2 heterocycles. The molecular formula is C21H26N4O. The first-order valence-electron chi connectivity index (χ1n) is 9.53. The van der Waals surface area contributed by atoms with Crippen LogP contribution in [0.25, 0.3) is 0 Å². The van der Waals surface area contributed by atoms with Gasteiger partial charge in [0.25, 0.3) is 0 Å². The number of carbonyl (C=O) groups is 1. The van der Waals surface area contributed by atoms with E-state index in [-0.39, 0.29) is 0 Å². The van der Waals surface area contributed by atoms with Crippen molar-refractivity contribution in [2.45, 2.75) is 33.1 Å². The first kappa shape index (κ1) is 17.0. The van der Waals surface area contributed by atoms with Crippen molar-refractivity contribution in [1.29, 1.82) is 0 Å². The van der Waals surface area contributed by atoms with Crippen molar-refractivity contribution in [3.63, 3.8) is 0 Å². The fourth-order valence-electron chi connectivity index (χ4n) is 3.71. The molecule has 0 spiro atoms. The molecule has 1 aromatic carbocycles. The first-order chi connectivity index (χ1) is 12.6. The maximum Gasteiger partial charge on any atom is 0.225 e. The summed E-state index contributed by atoms with van der Waals surface area (Å²) in [5.74, 6) is 2.51. The molecule has 0 radical (unpaired) electrons. The van der Waals surface area contributed by atoms with Gasteiger partial charge >= 0.3 is 0 Å². The fraction of sp³-hybridized carbons (Fsp3) is 0.476. The van der Waals surface area contributed by atoms with Gasteiger partial charge in [0, 0.05) is 49.8 Å². The Morgan fingerprint density at radius 3 is 2.38 bits per heavy atom. The lowest BCUT2D eigenvalue weighted by molar-refractivity contribution is -0.132. The zero-order chi connectivity index (χ0) is 18.1. The van der Waals surface area contributed by atoms with E-state index in [1.165, 1.54) is 11.1 Å². The molecule has 5 nitrogen and oxygen atoms in total. The highest BCUT2D eigenvalue weighted by Crippen LogP contribution is 2.32. The smallest absolute Gasteiger partial charge is 0.225 e. The average molecular weight is 350 g/mol. The van der Waals surface area contributed by atoms with Crippen molar-refractivity contribution in [2.24, 2.45) is 5.92 Å². The molecule has 0 atom stereocenters. The molecule has 0 bridgehead atoms. The Morgan fingerprint density at radius 1 is 1.04 bits per heavy atom. The molecule has 1 aliphatic carbocycles. The van der Waals surface area contributed by atoms with Gasteiger partial charge in [0.15, 0.2) is 0 Å². The van der Waals surface area contributed by atoms with Crippen LogP contribution in [-0.2, 0) is 11.2 Å². The summed E-state index contributed by atoms with van der Waals surface area (Å²) in [6, 6.07) is 10.5. The van der Waals surface area contributed by atoms with E-state index in [9.17, 15) is 4.79 Å². The van der Waals surface area contributed by atoms with Crippen LogP contribution in [0.15, 0.2) is 30.3 Å². The van der Waals surface area contributed by atoms with E-state index in [1.54, 1.807) is 0 Å². The van der Waals surface area contributed by atoms with Gasteiger partial charge in [-0.15, -0.1) is 0 Å². The van der Waals surface area contributed by atoms with E-state index in [0.29, 0.717) is 11.8 Å². The molecule has 1 saturated heterocycles. The van der Waals surface area contributed by atoms with Gasteiger partial charge in [0.1, 0.15) is 11.6 Å². The maximum atomic E-state index is 12.3. The molecule has 1 saturated carbocycles. The minimum Gasteiger partial charge on any atom is -0.353 e. The predicted octanol–water partition coefficient (Wildman–Crippen LogP) is 2.74. The van der Waals surface area contributed by atoms with Crippen LogP contribution < -0.4 is 4.90 Å². The van der Waals surface area contributed by atoms with Crippen LogP contribution in [-0.4, -0.2) is 47.0 Å². The number of benzene rings is 1. The third-order valence-electron chi connectivity index (χ3n) is 5.35. The van der Waals surface area contributed by atoms with Crippen molar-refractivity contribution < 1.29 is 4.79 Å². The number of rotatable bonds is 4. The zero-order valence-corrected chi connectivity index (χ0v) is 15.6. The number of anilines is 1. The van der Waals surface area contributed by atoms with E-state index in [2.05, 4.69) is 41.1 Å². The van der Waals surface area contributed by atoms with Gasteiger partial charge in [-0.1, -0.05) is 30.3 Å². The third-order valence-corrected chi connectivity index (χ3v) is 5.35. The lowest BCUT2D eigenvalue weighted by atomic mass is 10.0. The summed E-state index contributed by atoms with van der Waals surface area (Å²) in [5, 5.41) is 0. The highest BCUT2D eigenvalue weighted by atomic mass is 16.2. The summed E-state index contributed by atoms with van der Waals surface area (Å²) >= 11 is 0. The number of piperazine rings is 1. The summed E-state index contributed by atoms with van der Waals surface area (Å²) in [4.78, 5) is 26.0. The number of aromatic nitrogens is 2. The second-order valence-corrected chi connectivity index (χ2v) is 7.41. The van der Waals surface area contributed by atoms with E-state index in [4.69, 9.17) is 4.98 Å². The number of hydrogen-bond donors (Lipinski definition) is 0. The van der Waals surface area contributed by atoms with Crippen LogP contribution in [0.2, 0.25) is 0 Å². The Balaban J connectivity index is 1.55. The second-order valence-electron chi connectivity index (χ2n) is 7.41. The van der Waals surface area contributed by atoms with Gasteiger partial charge in [-0.05, 0) is 32.3 Å². The Labute approximate surface area is 155 Å². The summed E-state index contributed by atoms with van der Waals surface area (Å²) in [7, 11) is 0. The second kappa shape index (κ2) is 7.06. The van der Waals surface area contributed by atoms with Crippen LogP contribution in [0, 0.1) is 19.8 Å². The minimum absolute atomic E-state index is 0.304. The molecule has 0 N–H and O–H groups in total. The standard InChI is InChI=1S/C21H26N4O/c1-15-19(14-17-6-4-3-5-7-17)20(23-16(2)22-15)24-10-12-25(13-11-24)21(26)18-8-9-18/h3-7,18H,8-14H2,1-2H3. The van der Waals surface area contributed by atoms with Gasteiger partial charge in [-0.25, -0.2) is 9.97 Å². The van der Waals surface area contributed by atoms with E-state index in [1.807, 2.05) is 17.9 Å². The number of aryl methyl sites for hydroxylation is 2. The molecule has 2 fully saturated rings. The molecule has 0 unspecified atom stereocenters. The summed E-state index contributed by atoms with van der Waals surface area (Å²) < 4.78 is 0. The van der Waals surface area contributed by atoms with Crippen molar-refractivity contribution in [2.75, 3.05) is 31.1 Å². The molecule has 1 amide bonds. The SMILES string of the molecule is Cc1nc(C)c(Cc2ccccc2)c(N2CCN(C(=O)C3CC3)CC2)n1. The van der Waals surface area contributed by atoms with E-state index in [0.717, 1.165) is 62.8 Å². The monoisotopic (exact) mass is 350 g/mol. The lowest BCUT2D eigenvalue weighted by Gasteiger charge is -2.36. The van der Waals surface area contributed by atoms with Gasteiger partial charge in [0.2, 0.25) is 5.91 Å². The van der Waals surface area contributed by atoms with E-state index >= 15 is 0 Å². The van der Waals surface area contributed by atoms with Crippen LogP contribution in [0.4, 0.5) is 5.82 Å². The highest BCUT2D eigenvalue weighted by molar-refractivity contribution is 5.81. The lowest BCUT2D eigenvalue weighted by Crippen LogP contribution is -2.49. The number of amides is 1. The van der Waals surface area contributed by atoms with Crippen molar-refractivity contribution in [3.8, 4) is 0 Å². The molecular weight excluding hydrogens is 324 g/mol. The third kappa shape index (κ3) is 3.57. The minimum atomic E-state index is 0.304. The first-order valence-corrected chi connectivity index (χ1v) is 9.53. The quantitative estimate of drug-likeness (QED) is 0.851. The molecule has 1 aromatic heterocycles. The maximum absolute atomic E-state index is 12.3. The van der Waals surface area contributed by atoms with Gasteiger partial charge in [-0.3, -0.25) is 4.79 Å². The molecule has 4 rings (SSSR count). The largest absolute Gasteiger partial charge is 0.353 e. The predicted molar refractivity (Wildman–Crippen MR) is 102 cm³/mol. The Bertz CT molecular complexity index is 793. The van der Waals surface area contributed by atoms with Crippen molar-refractivity contribution in [1.82, 2.24) is 14.9 Å². The van der Waals surface area contributed by atoms with Crippen molar-refractivity contribution >= 4 is 11.7 Å². The molecule has 2 aromatic rings. The van der Waals surface area contributed by atoms with Crippen LogP contribution in [0.5, 0.6) is 0 Å². The zero-order valence-electron chi connectivity index (χ0n) is 15.6. The fourth-order valence-corrected chi connectivity index (χ4v) is 3.71. The number of carbonyl (C=O) groups excluding carboxylic acids is 1. The van der Waals surface area contributed by atoms with Gasteiger partial charge < -0.3 is 9.80 Å². The Morgan fingerprint density at radius 2 is 1.73 bits per heavy atom. The Hall–Kier alpha value is -2.43. The van der Waals surface area contributed by atoms with Crippen LogP contribution in [0.3, 0.4) is 0 Å². The van der Waals surface area contributed by atoms with Crippen LogP contribution in [0.1, 0.15) is 35.5 Å². The van der Waals surface area contributed by atoms with Crippen LogP contribution >= 0.6 is 0 Å². The van der Waals surface area contributed by atoms with Gasteiger partial charge in [0.05, 0.1) is 0 Å². The Kier molecular flexibility index (Phi) is 4.62. The highest BCUT2D eigenvalue weighted by Gasteiger charge is 2.35. The number of hydrogen-bond acceptors (Lipinski definition) is 4. The van der Waals surface area contributed by atoms with Gasteiger partial charge in [-0.2, -0.15) is 0 Å². The molecule has 5 heteroatoms. The normalized spacial score (nSPS) is 17.5. The number of nitrogens with zero attached hydrogens (tertiary/aromatic N) is 4. The summed E-state index contributed by atoms with van der Waals surface area (Å²) in [6.07, 6.45) is 2.98. The summed E-state index contributed by atoms with van der Waals surface area (Å²) in [5.41, 5.74) is 3.52. The molecule has 2 aliphatic rings.